The van der Waals surface area contributed by atoms with E-state index in [9.17, 15) is 19.8 Å². The fourth-order valence-corrected chi connectivity index (χ4v) is 4.07. The Morgan fingerprint density at radius 2 is 1.60 bits per heavy atom. The van der Waals surface area contributed by atoms with Crippen molar-refractivity contribution in [3.05, 3.63) is 58.7 Å². The largest absolute Gasteiger partial charge is 0.478 e. The van der Waals surface area contributed by atoms with Crippen molar-refractivity contribution in [1.82, 2.24) is 0 Å². The highest BCUT2D eigenvalue weighted by molar-refractivity contribution is 6.03. The summed E-state index contributed by atoms with van der Waals surface area (Å²) in [5.41, 5.74) is 1.53. The summed E-state index contributed by atoms with van der Waals surface area (Å²) in [4.78, 5) is 22.9. The number of fused-ring (bicyclic) bond motifs is 3. The predicted octanol–water partition coefficient (Wildman–Crippen LogP) is 2.64. The molecule has 0 saturated carbocycles. The molecule has 1 aromatic rings. The van der Waals surface area contributed by atoms with Crippen LogP contribution in [0.5, 0.6) is 0 Å². The van der Waals surface area contributed by atoms with Crippen LogP contribution in [-0.2, 0) is 0 Å². The second-order valence-corrected chi connectivity index (χ2v) is 5.58. The normalized spacial score (nSPS) is 31.4. The summed E-state index contributed by atoms with van der Waals surface area (Å²) in [6.45, 7) is 0. The highest BCUT2D eigenvalue weighted by atomic mass is 16.4. The molecule has 0 unspecified atom stereocenters. The van der Waals surface area contributed by atoms with Gasteiger partial charge in [-0.3, -0.25) is 0 Å². The van der Waals surface area contributed by atoms with Crippen molar-refractivity contribution >= 4 is 11.9 Å². The summed E-state index contributed by atoms with van der Waals surface area (Å²) in [6.07, 6.45) is 8.44. The number of benzene rings is 1. The van der Waals surface area contributed by atoms with Crippen LogP contribution in [0.1, 0.15) is 43.7 Å². The Kier molecular flexibility index (Phi) is 2.06. The lowest BCUT2D eigenvalue weighted by Crippen LogP contribution is -2.13. The van der Waals surface area contributed by atoms with Crippen LogP contribution in [-0.4, -0.2) is 22.2 Å². The molecule has 2 N–H and O–H groups in total. The number of allylic oxidation sites excluding steroid dienone is 4. The van der Waals surface area contributed by atoms with Crippen LogP contribution in [0.15, 0.2) is 36.4 Å². The average molecular weight is 268 g/mol. The van der Waals surface area contributed by atoms with E-state index >= 15 is 0 Å². The summed E-state index contributed by atoms with van der Waals surface area (Å²) in [5, 5.41) is 18.7. The van der Waals surface area contributed by atoms with E-state index in [1.807, 2.05) is 6.08 Å². The Hall–Kier alpha value is -2.36. The first kappa shape index (κ1) is 11.5. The smallest absolute Gasteiger partial charge is 0.336 e. The topological polar surface area (TPSA) is 74.6 Å². The molecule has 4 rings (SSSR count). The van der Waals surface area contributed by atoms with Crippen molar-refractivity contribution in [3.8, 4) is 0 Å². The van der Waals surface area contributed by atoms with Gasteiger partial charge in [0.25, 0.3) is 0 Å². The maximum atomic E-state index is 11.6. The van der Waals surface area contributed by atoms with Crippen LogP contribution in [0.3, 0.4) is 0 Å². The summed E-state index contributed by atoms with van der Waals surface area (Å²) in [7, 11) is 0. The molecular formula is C16H12O4. The minimum atomic E-state index is -1.18. The molecule has 0 bridgehead atoms. The molecule has 0 spiro atoms. The fourth-order valence-electron chi connectivity index (χ4n) is 4.07. The van der Waals surface area contributed by atoms with Gasteiger partial charge in [-0.15, -0.1) is 0 Å². The van der Waals surface area contributed by atoms with E-state index in [1.165, 1.54) is 6.07 Å². The van der Waals surface area contributed by atoms with Gasteiger partial charge in [-0.1, -0.05) is 30.4 Å². The maximum Gasteiger partial charge on any atom is 0.336 e. The Labute approximate surface area is 115 Å². The molecule has 1 aromatic carbocycles. The molecule has 0 aliphatic heterocycles. The van der Waals surface area contributed by atoms with E-state index < -0.39 is 11.9 Å². The third kappa shape index (κ3) is 1.21. The summed E-state index contributed by atoms with van der Waals surface area (Å²) in [5.74, 6) is -1.40. The standard InChI is InChI=1S/C16H12O4/c17-15(18)11-6-5-9-8-3-1-7-2-4-10(12(7)8)13(9)14(11)16(19)20/h1-8,10,12H,(H,17,18)(H,19,20)/t7-,8-,10+,12+/m0/s1. The van der Waals surface area contributed by atoms with Gasteiger partial charge in [0.05, 0.1) is 11.1 Å². The quantitative estimate of drug-likeness (QED) is 0.808. The number of rotatable bonds is 2. The number of hydrogen-bond acceptors (Lipinski definition) is 2. The first-order valence-corrected chi connectivity index (χ1v) is 6.59. The third-order valence-electron chi connectivity index (χ3n) is 4.77. The highest BCUT2D eigenvalue weighted by Gasteiger charge is 2.49. The molecule has 4 atom stereocenters. The SMILES string of the molecule is O=C(O)c1ccc2c(c1C(=O)O)[C@@H]1C=C[C@@H]3C=C[C@@H]2[C@@H]31. The van der Waals surface area contributed by atoms with Gasteiger partial charge in [-0.2, -0.15) is 0 Å². The number of hydrogen-bond donors (Lipinski definition) is 2. The molecule has 3 aliphatic rings. The van der Waals surface area contributed by atoms with Crippen molar-refractivity contribution in [2.24, 2.45) is 11.8 Å². The second kappa shape index (κ2) is 3.60. The molecule has 3 aliphatic carbocycles. The number of carboxylic acids is 2. The predicted molar refractivity (Wildman–Crippen MR) is 71.1 cm³/mol. The zero-order valence-corrected chi connectivity index (χ0v) is 10.5. The minimum Gasteiger partial charge on any atom is -0.478 e. The zero-order chi connectivity index (χ0) is 14.0. The number of carbonyl (C=O) groups is 2. The van der Waals surface area contributed by atoms with E-state index in [4.69, 9.17) is 0 Å². The summed E-state index contributed by atoms with van der Waals surface area (Å²) >= 11 is 0. The molecule has 100 valence electrons. The monoisotopic (exact) mass is 268 g/mol. The molecule has 0 amide bonds. The summed E-state index contributed by atoms with van der Waals surface area (Å²) < 4.78 is 0. The zero-order valence-electron chi connectivity index (χ0n) is 10.5. The molecule has 0 aromatic heterocycles. The van der Waals surface area contributed by atoms with Crippen LogP contribution in [0.4, 0.5) is 0 Å². The highest BCUT2D eigenvalue weighted by Crippen LogP contribution is 2.59. The Morgan fingerprint density at radius 1 is 0.900 bits per heavy atom. The molecular weight excluding hydrogens is 256 g/mol. The van der Waals surface area contributed by atoms with Crippen LogP contribution in [0.25, 0.3) is 0 Å². The van der Waals surface area contributed by atoms with Crippen LogP contribution in [0, 0.1) is 11.8 Å². The van der Waals surface area contributed by atoms with Gasteiger partial charge in [0, 0.05) is 11.8 Å². The lowest BCUT2D eigenvalue weighted by Gasteiger charge is -2.15. The molecule has 0 heterocycles. The first-order valence-electron chi connectivity index (χ1n) is 6.59. The molecule has 0 saturated heterocycles. The molecule has 4 heteroatoms. The van der Waals surface area contributed by atoms with E-state index in [2.05, 4.69) is 18.2 Å². The lowest BCUT2D eigenvalue weighted by atomic mass is 9.87. The van der Waals surface area contributed by atoms with Gasteiger partial charge in [0.1, 0.15) is 0 Å². The minimum absolute atomic E-state index is 0.0281. The Bertz CT molecular complexity index is 713. The van der Waals surface area contributed by atoms with Gasteiger partial charge in [0.2, 0.25) is 0 Å². The van der Waals surface area contributed by atoms with Crippen molar-refractivity contribution in [1.29, 1.82) is 0 Å². The second-order valence-electron chi connectivity index (χ2n) is 5.58. The van der Waals surface area contributed by atoms with Crippen molar-refractivity contribution < 1.29 is 19.8 Å². The van der Waals surface area contributed by atoms with Crippen LogP contribution < -0.4 is 0 Å². The Balaban J connectivity index is 2.03. The third-order valence-corrected chi connectivity index (χ3v) is 4.77. The molecule has 0 fully saturated rings. The first-order chi connectivity index (χ1) is 9.59. The van der Waals surface area contributed by atoms with E-state index in [1.54, 1.807) is 6.07 Å². The summed E-state index contributed by atoms with van der Waals surface area (Å²) in [6, 6.07) is 3.21. The molecule has 4 nitrogen and oxygen atoms in total. The average Bonchev–Trinajstić information content (AvgIpc) is 3.05. The fraction of sp³-hybridized carbons (Fsp3) is 0.250. The van der Waals surface area contributed by atoms with Crippen LogP contribution >= 0.6 is 0 Å². The van der Waals surface area contributed by atoms with E-state index in [0.29, 0.717) is 17.4 Å². The van der Waals surface area contributed by atoms with E-state index in [0.717, 1.165) is 5.56 Å². The molecule has 0 radical (unpaired) electrons. The van der Waals surface area contributed by atoms with Crippen molar-refractivity contribution in [2.45, 2.75) is 11.8 Å². The van der Waals surface area contributed by atoms with Gasteiger partial charge in [-0.05, 0) is 29.0 Å². The molecule has 20 heavy (non-hydrogen) atoms. The number of aromatic carboxylic acids is 2. The van der Waals surface area contributed by atoms with Crippen LogP contribution in [0.2, 0.25) is 0 Å². The Morgan fingerprint density at radius 3 is 2.25 bits per heavy atom. The van der Waals surface area contributed by atoms with Gasteiger partial charge < -0.3 is 10.2 Å². The lowest BCUT2D eigenvalue weighted by molar-refractivity contribution is 0.0650. The van der Waals surface area contributed by atoms with Crippen molar-refractivity contribution in [3.63, 3.8) is 0 Å². The van der Waals surface area contributed by atoms with Gasteiger partial charge in [-0.25, -0.2) is 9.59 Å². The van der Waals surface area contributed by atoms with E-state index in [-0.39, 0.29) is 23.0 Å². The number of carboxylic acid groups (broad SMARTS) is 2. The van der Waals surface area contributed by atoms with Gasteiger partial charge in [0.15, 0.2) is 0 Å². The van der Waals surface area contributed by atoms with Crippen molar-refractivity contribution in [2.75, 3.05) is 0 Å². The maximum absolute atomic E-state index is 11.6. The van der Waals surface area contributed by atoms with Gasteiger partial charge >= 0.3 is 11.9 Å².